The summed E-state index contributed by atoms with van der Waals surface area (Å²) in [5.74, 6) is 0.795. The molecule has 8 rings (SSSR count). The van der Waals surface area contributed by atoms with Crippen LogP contribution in [0.3, 0.4) is 0 Å². The quantitative estimate of drug-likeness (QED) is 0.199. The van der Waals surface area contributed by atoms with Crippen LogP contribution in [0, 0.1) is 5.41 Å². The van der Waals surface area contributed by atoms with Gasteiger partial charge < -0.3 is 25.2 Å². The maximum Gasteiger partial charge on any atom is 0.254 e. The van der Waals surface area contributed by atoms with Crippen LogP contribution in [0.15, 0.2) is 60.8 Å². The summed E-state index contributed by atoms with van der Waals surface area (Å²) in [6.45, 7) is 8.33. The number of fused-ring (bicyclic) bond motifs is 1. The van der Waals surface area contributed by atoms with Crippen molar-refractivity contribution < 1.29 is 19.1 Å². The molecule has 0 saturated carbocycles. The van der Waals surface area contributed by atoms with Crippen LogP contribution in [0.25, 0.3) is 33.6 Å². The maximum atomic E-state index is 13.2. The fourth-order valence-corrected chi connectivity index (χ4v) is 8.83. The summed E-state index contributed by atoms with van der Waals surface area (Å²) < 4.78 is 5.75. The summed E-state index contributed by atoms with van der Waals surface area (Å²) in [4.78, 5) is 51.9. The Morgan fingerprint density at radius 3 is 2.55 bits per heavy atom. The minimum absolute atomic E-state index is 0.00186. The second-order valence-corrected chi connectivity index (χ2v) is 15.4. The molecular formula is C40H41Cl2N7O4. The molecular weight excluding hydrogens is 713 g/mol. The largest absolute Gasteiger partial charge is 0.481 e. The number of halogens is 2. The first-order chi connectivity index (χ1) is 25.6. The van der Waals surface area contributed by atoms with Crippen LogP contribution in [-0.2, 0) is 22.7 Å². The van der Waals surface area contributed by atoms with Gasteiger partial charge >= 0.3 is 0 Å². The van der Waals surface area contributed by atoms with E-state index >= 15 is 0 Å². The zero-order valence-electron chi connectivity index (χ0n) is 29.8. The van der Waals surface area contributed by atoms with Crippen molar-refractivity contribution in [3.8, 4) is 39.5 Å². The molecule has 3 fully saturated rings. The number of amides is 3. The van der Waals surface area contributed by atoms with E-state index in [2.05, 4.69) is 20.5 Å². The second-order valence-electron chi connectivity index (χ2n) is 14.7. The van der Waals surface area contributed by atoms with Gasteiger partial charge in [-0.05, 0) is 36.2 Å². The predicted octanol–water partition coefficient (Wildman–Crippen LogP) is 5.28. The van der Waals surface area contributed by atoms with E-state index < -0.39 is 0 Å². The van der Waals surface area contributed by atoms with Gasteiger partial charge in [-0.2, -0.15) is 0 Å². The number of aromatic nitrogens is 2. The Bertz CT molecular complexity index is 2110. The molecule has 2 N–H and O–H groups in total. The Balaban J connectivity index is 0.961. The standard InChI is InChI=1S/C40H41Cl2N7O4/c1-24(50)49-22-40(23-49)20-47(21-40)18-26-7-10-33(46-38(26)53-2)32-5-3-4-30(35(32)41)31-12-13-44-37(36(31)42)25-6-9-29-27(16-25)19-48(39(29)52)15-14-43-17-28-8-11-34(51)45-28/h3-7,9-10,12-13,16,28,43H,8,11,14-15,17-23H2,1-2H3,(H,45,51). The highest BCUT2D eigenvalue weighted by molar-refractivity contribution is 6.39. The van der Waals surface area contributed by atoms with Crippen molar-refractivity contribution in [2.24, 2.45) is 5.41 Å². The van der Waals surface area contributed by atoms with Crippen molar-refractivity contribution in [1.29, 1.82) is 0 Å². The Morgan fingerprint density at radius 2 is 1.79 bits per heavy atom. The molecule has 0 aliphatic carbocycles. The van der Waals surface area contributed by atoms with E-state index in [-0.39, 0.29) is 29.2 Å². The second kappa shape index (κ2) is 14.4. The van der Waals surface area contributed by atoms with Gasteiger partial charge in [0.1, 0.15) is 0 Å². The summed E-state index contributed by atoms with van der Waals surface area (Å²) in [6.07, 6.45) is 3.13. The number of ether oxygens (including phenoxy) is 1. The monoisotopic (exact) mass is 753 g/mol. The van der Waals surface area contributed by atoms with Crippen molar-refractivity contribution in [2.75, 3.05) is 52.9 Å². The topological polar surface area (TPSA) is 120 Å². The highest BCUT2D eigenvalue weighted by Gasteiger charge is 2.52. The highest BCUT2D eigenvalue weighted by atomic mass is 35.5. The zero-order valence-corrected chi connectivity index (χ0v) is 31.3. The molecule has 2 aromatic carbocycles. The minimum atomic E-state index is 0.00186. The van der Waals surface area contributed by atoms with E-state index in [9.17, 15) is 14.4 Å². The molecule has 1 spiro atoms. The third-order valence-corrected chi connectivity index (χ3v) is 11.7. The Kier molecular flexibility index (Phi) is 9.61. The molecule has 4 aromatic rings. The number of rotatable bonds is 11. The molecule has 0 radical (unpaired) electrons. The van der Waals surface area contributed by atoms with Crippen molar-refractivity contribution >= 4 is 40.9 Å². The number of hydrogen-bond donors (Lipinski definition) is 2. The summed E-state index contributed by atoms with van der Waals surface area (Å²) in [7, 11) is 1.63. The lowest BCUT2D eigenvalue weighted by atomic mass is 9.72. The third-order valence-electron chi connectivity index (χ3n) is 10.9. The molecule has 3 amide bonds. The molecule has 1 atom stereocenters. The minimum Gasteiger partial charge on any atom is -0.481 e. The van der Waals surface area contributed by atoms with Gasteiger partial charge in [0.2, 0.25) is 17.7 Å². The first-order valence-corrected chi connectivity index (χ1v) is 18.8. The van der Waals surface area contributed by atoms with Gasteiger partial charge in [-0.15, -0.1) is 0 Å². The Morgan fingerprint density at radius 1 is 1.00 bits per heavy atom. The lowest BCUT2D eigenvalue weighted by Gasteiger charge is -2.60. The number of carbonyl (C=O) groups is 3. The summed E-state index contributed by atoms with van der Waals surface area (Å²) in [5, 5.41) is 7.30. The zero-order chi connectivity index (χ0) is 36.9. The van der Waals surface area contributed by atoms with Crippen molar-refractivity contribution in [2.45, 2.75) is 38.9 Å². The first-order valence-electron chi connectivity index (χ1n) is 18.0. The molecule has 3 saturated heterocycles. The van der Waals surface area contributed by atoms with Gasteiger partial charge in [0.25, 0.3) is 5.91 Å². The molecule has 0 bridgehead atoms. The van der Waals surface area contributed by atoms with Crippen molar-refractivity contribution in [3.05, 3.63) is 87.5 Å². The van der Waals surface area contributed by atoms with Gasteiger partial charge in [0.15, 0.2) is 0 Å². The summed E-state index contributed by atoms with van der Waals surface area (Å²) in [5.41, 5.74) is 7.18. The van der Waals surface area contributed by atoms with Gasteiger partial charge in [-0.1, -0.05) is 53.5 Å². The fraction of sp³-hybridized carbons (Fsp3) is 0.375. The number of methoxy groups -OCH3 is 1. The molecule has 13 heteroatoms. The van der Waals surface area contributed by atoms with Gasteiger partial charge in [0.05, 0.1) is 28.5 Å². The number of nitrogens with zero attached hydrogens (tertiary/aromatic N) is 5. The Hall–Kier alpha value is -4.55. The van der Waals surface area contributed by atoms with E-state index in [1.165, 1.54) is 0 Å². The highest BCUT2D eigenvalue weighted by Crippen LogP contribution is 2.43. The fourth-order valence-electron chi connectivity index (χ4n) is 8.18. The summed E-state index contributed by atoms with van der Waals surface area (Å²) >= 11 is 14.2. The summed E-state index contributed by atoms with van der Waals surface area (Å²) in [6, 6.07) is 17.6. The van der Waals surface area contributed by atoms with E-state index in [4.69, 9.17) is 32.9 Å². The molecule has 53 heavy (non-hydrogen) atoms. The average Bonchev–Trinajstić information content (AvgIpc) is 3.68. The first kappa shape index (κ1) is 35.5. The van der Waals surface area contributed by atoms with Crippen LogP contribution >= 0.6 is 23.2 Å². The number of benzene rings is 2. The Labute approximate surface area is 318 Å². The van der Waals surface area contributed by atoms with E-state index in [1.54, 1.807) is 20.2 Å². The van der Waals surface area contributed by atoms with Crippen LogP contribution in [-0.4, -0.2) is 101 Å². The SMILES string of the molecule is COc1nc(-c2cccc(-c3ccnc(-c4ccc5c(c4)CN(CCNCC4CCC(=O)N4)C5=O)c3Cl)c2Cl)ccc1CN1CC2(C1)CN(C(C)=O)C2. The average molecular weight is 755 g/mol. The molecule has 1 unspecified atom stereocenters. The molecule has 4 aliphatic heterocycles. The van der Waals surface area contributed by atoms with Gasteiger partial charge in [0, 0.05) is 123 Å². The number of pyridine rings is 2. The van der Waals surface area contributed by atoms with E-state index in [0.717, 1.165) is 72.5 Å². The van der Waals surface area contributed by atoms with Crippen LogP contribution in [0.2, 0.25) is 10.0 Å². The maximum absolute atomic E-state index is 13.2. The lowest BCUT2D eigenvalue weighted by Crippen LogP contribution is -2.72. The molecule has 2 aromatic heterocycles. The van der Waals surface area contributed by atoms with Crippen molar-refractivity contribution in [3.63, 3.8) is 0 Å². The van der Waals surface area contributed by atoms with Gasteiger partial charge in [-0.25, -0.2) is 4.98 Å². The number of carbonyl (C=O) groups excluding carboxylic acids is 3. The number of hydrogen-bond acceptors (Lipinski definition) is 8. The molecule has 4 aliphatic rings. The van der Waals surface area contributed by atoms with Gasteiger partial charge in [-0.3, -0.25) is 24.3 Å². The molecule has 6 heterocycles. The normalized spacial score (nSPS) is 18.9. The lowest BCUT2D eigenvalue weighted by molar-refractivity contribution is -0.157. The molecule has 11 nitrogen and oxygen atoms in total. The number of nitrogens with one attached hydrogen (secondary N) is 2. The van der Waals surface area contributed by atoms with Crippen LogP contribution < -0.4 is 15.4 Å². The smallest absolute Gasteiger partial charge is 0.254 e. The predicted molar refractivity (Wildman–Crippen MR) is 204 cm³/mol. The van der Waals surface area contributed by atoms with Crippen molar-refractivity contribution in [1.82, 2.24) is 35.3 Å². The third kappa shape index (κ3) is 6.87. The van der Waals surface area contributed by atoms with Crippen LogP contribution in [0.4, 0.5) is 0 Å². The van der Waals surface area contributed by atoms with E-state index in [0.29, 0.717) is 65.5 Å². The van der Waals surface area contributed by atoms with Crippen LogP contribution in [0.1, 0.15) is 41.3 Å². The molecule has 274 valence electrons. The van der Waals surface area contributed by atoms with E-state index in [1.807, 2.05) is 64.4 Å². The number of likely N-dealkylation sites (tertiary alicyclic amines) is 2. The van der Waals surface area contributed by atoms with Crippen LogP contribution in [0.5, 0.6) is 5.88 Å².